The monoisotopic (exact) mass is 168 g/mol. The van der Waals surface area contributed by atoms with E-state index in [1.165, 1.54) is 12.1 Å². The lowest BCUT2D eigenvalue weighted by Gasteiger charge is -1.95. The second-order valence-corrected chi connectivity index (χ2v) is 2.16. The van der Waals surface area contributed by atoms with Crippen LogP contribution in [-0.4, -0.2) is 16.6 Å². The highest BCUT2D eigenvalue weighted by Gasteiger charge is 1.94. The van der Waals surface area contributed by atoms with E-state index in [2.05, 4.69) is 5.73 Å². The molecular weight excluding hydrogens is 156 g/mol. The predicted octanol–water partition coefficient (Wildman–Crippen LogP) is 0.958. The number of benzene rings is 1. The summed E-state index contributed by atoms with van der Waals surface area (Å²) in [6.45, 7) is 1.85. The molecule has 0 saturated heterocycles. The third kappa shape index (κ3) is 3.46. The van der Waals surface area contributed by atoms with Crippen LogP contribution in [0.25, 0.3) is 0 Å². The van der Waals surface area contributed by atoms with Crippen molar-refractivity contribution in [2.75, 3.05) is 0 Å². The lowest BCUT2D eigenvalue weighted by atomic mass is 10.2. The van der Waals surface area contributed by atoms with Gasteiger partial charge >= 0.3 is 0 Å². The van der Waals surface area contributed by atoms with Gasteiger partial charge in [0.25, 0.3) is 0 Å². The van der Waals surface area contributed by atoms with Crippen molar-refractivity contribution in [1.29, 1.82) is 5.41 Å². The maximum atomic E-state index is 8.85. The predicted molar refractivity (Wildman–Crippen MR) is 47.5 cm³/mol. The van der Waals surface area contributed by atoms with Gasteiger partial charge < -0.3 is 15.9 Å². The van der Waals surface area contributed by atoms with Gasteiger partial charge in [-0.05, 0) is 24.6 Å². The van der Waals surface area contributed by atoms with Gasteiger partial charge in [0.2, 0.25) is 0 Å². The fraction of sp³-hybridized carbons (Fsp3) is 0.125. The number of aryl methyl sites for hydroxylation is 1. The average molecular weight is 168 g/mol. The Morgan fingerprint density at radius 1 is 1.33 bits per heavy atom. The first kappa shape index (κ1) is 10.3. The molecule has 0 spiro atoms. The molecular formula is C8H12N2O2. The average Bonchev–Trinajstić information content (AvgIpc) is 1.99. The molecule has 4 nitrogen and oxygen atoms in total. The molecule has 1 aromatic rings. The van der Waals surface area contributed by atoms with Gasteiger partial charge in [0.05, 0.1) is 6.34 Å². The molecule has 0 radical (unpaired) electrons. The van der Waals surface area contributed by atoms with E-state index in [0.717, 1.165) is 11.9 Å². The zero-order valence-electron chi connectivity index (χ0n) is 6.78. The molecule has 66 valence electrons. The second kappa shape index (κ2) is 5.01. The zero-order chi connectivity index (χ0) is 9.56. The molecule has 12 heavy (non-hydrogen) atoms. The van der Waals surface area contributed by atoms with Crippen LogP contribution in [0.4, 0.5) is 0 Å². The molecule has 1 aromatic carbocycles. The lowest BCUT2D eigenvalue weighted by Crippen LogP contribution is -1.81. The van der Waals surface area contributed by atoms with Gasteiger partial charge in [-0.15, -0.1) is 0 Å². The summed E-state index contributed by atoms with van der Waals surface area (Å²) in [4.78, 5) is 0. The van der Waals surface area contributed by atoms with Crippen molar-refractivity contribution in [3.05, 3.63) is 23.8 Å². The lowest BCUT2D eigenvalue weighted by molar-refractivity contribution is 0.403. The number of aromatic hydroxyl groups is 2. The van der Waals surface area contributed by atoms with Gasteiger partial charge in [0.15, 0.2) is 11.5 Å². The molecule has 0 aliphatic rings. The molecule has 5 N–H and O–H groups in total. The van der Waals surface area contributed by atoms with Crippen LogP contribution in [0.2, 0.25) is 0 Å². The van der Waals surface area contributed by atoms with E-state index >= 15 is 0 Å². The smallest absolute Gasteiger partial charge is 0.157 e. The van der Waals surface area contributed by atoms with Gasteiger partial charge in [-0.25, -0.2) is 0 Å². The first-order chi connectivity index (χ1) is 5.61. The van der Waals surface area contributed by atoms with Gasteiger partial charge in [0, 0.05) is 0 Å². The number of hydrogen-bond acceptors (Lipinski definition) is 3. The summed E-state index contributed by atoms with van der Waals surface area (Å²) in [6.07, 6.45) is 0.750. The highest BCUT2D eigenvalue weighted by atomic mass is 16.3. The van der Waals surface area contributed by atoms with Crippen molar-refractivity contribution < 1.29 is 10.2 Å². The van der Waals surface area contributed by atoms with Crippen LogP contribution in [0.1, 0.15) is 5.56 Å². The highest BCUT2D eigenvalue weighted by Crippen LogP contribution is 2.23. The maximum Gasteiger partial charge on any atom is 0.157 e. The summed E-state index contributed by atoms with van der Waals surface area (Å²) in [5.74, 6) is -0.129. The van der Waals surface area contributed by atoms with E-state index in [1.807, 2.05) is 6.92 Å². The Bertz CT molecular complexity index is 261. The fourth-order valence-corrected chi connectivity index (χ4v) is 0.633. The fourth-order valence-electron chi connectivity index (χ4n) is 0.633. The van der Waals surface area contributed by atoms with Crippen molar-refractivity contribution >= 4 is 6.34 Å². The van der Waals surface area contributed by atoms with Crippen LogP contribution in [0.3, 0.4) is 0 Å². The summed E-state index contributed by atoms with van der Waals surface area (Å²) in [5, 5.41) is 23.5. The Kier molecular flexibility index (Phi) is 4.30. The van der Waals surface area contributed by atoms with Crippen molar-refractivity contribution in [2.24, 2.45) is 5.73 Å². The molecule has 0 amide bonds. The molecule has 0 fully saturated rings. The van der Waals surface area contributed by atoms with Crippen molar-refractivity contribution in [2.45, 2.75) is 6.92 Å². The van der Waals surface area contributed by atoms with Crippen LogP contribution in [0, 0.1) is 12.3 Å². The maximum absolute atomic E-state index is 8.85. The molecule has 0 bridgehead atoms. The van der Waals surface area contributed by atoms with Gasteiger partial charge in [0.1, 0.15) is 0 Å². The quantitative estimate of drug-likeness (QED) is 0.264. The van der Waals surface area contributed by atoms with E-state index in [4.69, 9.17) is 15.6 Å². The minimum atomic E-state index is -0.0689. The van der Waals surface area contributed by atoms with Crippen molar-refractivity contribution in [3.63, 3.8) is 0 Å². The zero-order valence-corrected chi connectivity index (χ0v) is 6.78. The molecule has 0 saturated carbocycles. The summed E-state index contributed by atoms with van der Waals surface area (Å²) in [7, 11) is 0. The van der Waals surface area contributed by atoms with Crippen molar-refractivity contribution in [3.8, 4) is 11.5 Å². The van der Waals surface area contributed by atoms with Crippen LogP contribution in [-0.2, 0) is 0 Å². The summed E-state index contributed by atoms with van der Waals surface area (Å²) < 4.78 is 0. The minimum Gasteiger partial charge on any atom is -0.504 e. The second-order valence-electron chi connectivity index (χ2n) is 2.16. The number of nitrogens with one attached hydrogen (secondary N) is 1. The summed E-state index contributed by atoms with van der Waals surface area (Å²) in [6, 6.07) is 4.70. The van der Waals surface area contributed by atoms with Crippen LogP contribution < -0.4 is 5.73 Å². The number of rotatable bonds is 0. The summed E-state index contributed by atoms with van der Waals surface area (Å²) >= 11 is 0. The van der Waals surface area contributed by atoms with Crippen LogP contribution in [0.15, 0.2) is 18.2 Å². The molecule has 0 aliphatic carbocycles. The largest absolute Gasteiger partial charge is 0.504 e. The van der Waals surface area contributed by atoms with Gasteiger partial charge in [-0.1, -0.05) is 6.07 Å². The molecule has 0 aliphatic heterocycles. The van der Waals surface area contributed by atoms with Gasteiger partial charge in [-0.3, -0.25) is 5.41 Å². The first-order valence-corrected chi connectivity index (χ1v) is 3.31. The normalized spacial score (nSPS) is 8.08. The Morgan fingerprint density at radius 2 is 1.83 bits per heavy atom. The molecule has 1 rings (SSSR count). The van der Waals surface area contributed by atoms with E-state index < -0.39 is 0 Å². The minimum absolute atomic E-state index is 0.0602. The van der Waals surface area contributed by atoms with E-state index in [1.54, 1.807) is 6.07 Å². The van der Waals surface area contributed by atoms with Crippen molar-refractivity contribution in [1.82, 2.24) is 0 Å². The Balaban J connectivity index is 0.000000354. The van der Waals surface area contributed by atoms with E-state index in [9.17, 15) is 0 Å². The summed E-state index contributed by atoms with van der Waals surface area (Å²) in [5.41, 5.74) is 5.32. The standard InChI is InChI=1S/C7H8O2.CH4N2/c1-5-2-3-6(8)7(9)4-5;2-1-3/h2-4,8-9H,1H3;1H,(H3,2,3). The highest BCUT2D eigenvalue weighted by molar-refractivity contribution is 5.46. The number of phenolic OH excluding ortho intramolecular Hbond substituents is 2. The number of nitrogens with two attached hydrogens (primary N) is 1. The molecule has 4 heteroatoms. The van der Waals surface area contributed by atoms with E-state index in [0.29, 0.717) is 0 Å². The van der Waals surface area contributed by atoms with Crippen LogP contribution >= 0.6 is 0 Å². The van der Waals surface area contributed by atoms with Gasteiger partial charge in [-0.2, -0.15) is 0 Å². The molecule has 0 unspecified atom stereocenters. The molecule has 0 atom stereocenters. The number of phenols is 2. The molecule has 0 aromatic heterocycles. The third-order valence-corrected chi connectivity index (χ3v) is 1.13. The third-order valence-electron chi connectivity index (χ3n) is 1.13. The number of hydrogen-bond donors (Lipinski definition) is 4. The van der Waals surface area contributed by atoms with Crippen LogP contribution in [0.5, 0.6) is 11.5 Å². The Labute approximate surface area is 70.8 Å². The first-order valence-electron chi connectivity index (χ1n) is 3.31. The Morgan fingerprint density at radius 3 is 2.17 bits per heavy atom. The van der Waals surface area contributed by atoms with E-state index in [-0.39, 0.29) is 11.5 Å². The SMILES string of the molecule is Cc1ccc(O)c(O)c1.N=CN. The molecule has 0 heterocycles. The topological polar surface area (TPSA) is 90.3 Å². The Hall–Kier alpha value is -1.71.